The van der Waals surface area contributed by atoms with Gasteiger partial charge in [-0.05, 0) is 36.4 Å². The maximum Gasteiger partial charge on any atom is 0.243 e. The summed E-state index contributed by atoms with van der Waals surface area (Å²) in [5, 5.41) is 9.44. The quantitative estimate of drug-likeness (QED) is 0.770. The highest BCUT2D eigenvalue weighted by molar-refractivity contribution is 7.89. The molecule has 0 saturated carbocycles. The standard InChI is InChI=1S/C16H17ClN2O5S/c17-14-2-1-3-15(18-20)16(14)24-12-4-6-13(7-5-12)25(21,22)19-8-10-23-11-9-19/h1-7,18,20H,8-11H2. The number of rotatable bonds is 5. The van der Waals surface area contributed by atoms with Gasteiger partial charge in [0.25, 0.3) is 0 Å². The molecular weight excluding hydrogens is 368 g/mol. The summed E-state index contributed by atoms with van der Waals surface area (Å²) in [6.07, 6.45) is 0. The summed E-state index contributed by atoms with van der Waals surface area (Å²) in [5.74, 6) is 0.640. The first-order valence-electron chi connectivity index (χ1n) is 7.57. The Morgan fingerprint density at radius 3 is 2.44 bits per heavy atom. The van der Waals surface area contributed by atoms with E-state index in [1.165, 1.54) is 28.6 Å². The van der Waals surface area contributed by atoms with Crippen molar-refractivity contribution in [2.24, 2.45) is 0 Å². The summed E-state index contributed by atoms with van der Waals surface area (Å²) in [5.41, 5.74) is 2.31. The van der Waals surface area contributed by atoms with E-state index in [-0.39, 0.29) is 10.6 Å². The Morgan fingerprint density at radius 2 is 1.80 bits per heavy atom. The first-order valence-corrected chi connectivity index (χ1v) is 9.38. The lowest BCUT2D eigenvalue weighted by Gasteiger charge is -2.26. The zero-order valence-electron chi connectivity index (χ0n) is 13.2. The van der Waals surface area contributed by atoms with E-state index < -0.39 is 10.0 Å². The number of morpholine rings is 1. The average Bonchev–Trinajstić information content (AvgIpc) is 2.64. The lowest BCUT2D eigenvalue weighted by Crippen LogP contribution is -2.40. The van der Waals surface area contributed by atoms with Gasteiger partial charge in [0.05, 0.1) is 23.1 Å². The number of benzene rings is 2. The van der Waals surface area contributed by atoms with E-state index in [0.29, 0.717) is 42.8 Å². The first-order chi connectivity index (χ1) is 12.0. The van der Waals surface area contributed by atoms with Crippen LogP contribution in [0.5, 0.6) is 11.5 Å². The van der Waals surface area contributed by atoms with E-state index in [1.807, 2.05) is 5.48 Å². The number of nitrogens with zero attached hydrogens (tertiary/aromatic N) is 1. The maximum absolute atomic E-state index is 12.6. The van der Waals surface area contributed by atoms with Crippen molar-refractivity contribution in [3.05, 3.63) is 47.5 Å². The molecule has 134 valence electrons. The normalized spacial score (nSPS) is 15.8. The van der Waals surface area contributed by atoms with Crippen LogP contribution in [0.4, 0.5) is 5.69 Å². The van der Waals surface area contributed by atoms with Gasteiger partial charge in [0, 0.05) is 13.1 Å². The Bertz CT molecular complexity index is 836. The third kappa shape index (κ3) is 3.88. The summed E-state index contributed by atoms with van der Waals surface area (Å²) in [4.78, 5) is 0.182. The number of ether oxygens (including phenoxy) is 2. The van der Waals surface area contributed by atoms with Crippen LogP contribution in [0.3, 0.4) is 0 Å². The molecule has 2 aromatic rings. The molecule has 0 aromatic heterocycles. The molecule has 0 spiro atoms. The molecule has 0 radical (unpaired) electrons. The Labute approximate surface area is 150 Å². The summed E-state index contributed by atoms with van der Waals surface area (Å²) in [7, 11) is -3.55. The lowest BCUT2D eigenvalue weighted by molar-refractivity contribution is 0.0730. The molecule has 0 aliphatic carbocycles. The number of nitrogens with one attached hydrogen (secondary N) is 1. The fourth-order valence-corrected chi connectivity index (χ4v) is 4.06. The first kappa shape index (κ1) is 18.0. The molecule has 1 heterocycles. The molecule has 0 amide bonds. The zero-order chi connectivity index (χ0) is 17.9. The number of sulfonamides is 1. The predicted molar refractivity (Wildman–Crippen MR) is 93.0 cm³/mol. The summed E-state index contributed by atoms with van der Waals surface area (Å²) < 4.78 is 37.4. The van der Waals surface area contributed by atoms with Crippen LogP contribution >= 0.6 is 11.6 Å². The molecule has 7 nitrogen and oxygen atoms in total. The van der Waals surface area contributed by atoms with Crippen molar-refractivity contribution in [3.63, 3.8) is 0 Å². The maximum atomic E-state index is 12.6. The van der Waals surface area contributed by atoms with Crippen molar-refractivity contribution in [2.75, 3.05) is 31.8 Å². The Morgan fingerprint density at radius 1 is 1.12 bits per heavy atom. The number of hydrogen-bond donors (Lipinski definition) is 2. The largest absolute Gasteiger partial charge is 0.454 e. The van der Waals surface area contributed by atoms with Crippen molar-refractivity contribution in [3.8, 4) is 11.5 Å². The van der Waals surface area contributed by atoms with Crippen molar-refractivity contribution in [1.82, 2.24) is 4.31 Å². The van der Waals surface area contributed by atoms with Gasteiger partial charge in [-0.25, -0.2) is 8.42 Å². The fraction of sp³-hybridized carbons (Fsp3) is 0.250. The van der Waals surface area contributed by atoms with Crippen LogP contribution in [-0.4, -0.2) is 44.2 Å². The van der Waals surface area contributed by atoms with Crippen LogP contribution in [0.25, 0.3) is 0 Å². The summed E-state index contributed by atoms with van der Waals surface area (Å²) in [6, 6.07) is 10.9. The van der Waals surface area contributed by atoms with Gasteiger partial charge >= 0.3 is 0 Å². The van der Waals surface area contributed by atoms with Gasteiger partial charge in [0.15, 0.2) is 5.75 Å². The van der Waals surface area contributed by atoms with E-state index in [4.69, 9.17) is 26.3 Å². The van der Waals surface area contributed by atoms with Crippen LogP contribution < -0.4 is 10.2 Å². The van der Waals surface area contributed by atoms with Crippen molar-refractivity contribution in [2.45, 2.75) is 4.90 Å². The second kappa shape index (κ2) is 7.59. The van der Waals surface area contributed by atoms with Gasteiger partial charge in [0.1, 0.15) is 11.4 Å². The fourth-order valence-electron chi connectivity index (χ4n) is 2.43. The van der Waals surface area contributed by atoms with Crippen LogP contribution in [0.1, 0.15) is 0 Å². The molecule has 0 bridgehead atoms. The van der Waals surface area contributed by atoms with Crippen molar-refractivity contribution >= 4 is 27.3 Å². The van der Waals surface area contributed by atoms with E-state index in [2.05, 4.69) is 0 Å². The topological polar surface area (TPSA) is 88.1 Å². The number of hydrogen-bond acceptors (Lipinski definition) is 6. The molecule has 1 saturated heterocycles. The van der Waals surface area contributed by atoms with Crippen LogP contribution in [0.15, 0.2) is 47.4 Å². The number of anilines is 1. The SMILES string of the molecule is O=S(=O)(c1ccc(Oc2c(Cl)cccc2NO)cc1)N1CCOCC1. The van der Waals surface area contributed by atoms with Crippen LogP contribution in [0.2, 0.25) is 5.02 Å². The van der Waals surface area contributed by atoms with E-state index in [1.54, 1.807) is 18.2 Å². The molecule has 1 fully saturated rings. The van der Waals surface area contributed by atoms with E-state index in [9.17, 15) is 8.42 Å². The Hall–Kier alpha value is -1.84. The molecule has 1 aliphatic rings. The minimum atomic E-state index is -3.55. The molecule has 0 unspecified atom stereocenters. The van der Waals surface area contributed by atoms with Crippen LogP contribution in [0, 0.1) is 0 Å². The van der Waals surface area contributed by atoms with Gasteiger partial charge in [-0.3, -0.25) is 10.7 Å². The monoisotopic (exact) mass is 384 g/mol. The molecular formula is C16H17ClN2O5S. The molecule has 25 heavy (non-hydrogen) atoms. The third-order valence-electron chi connectivity index (χ3n) is 3.74. The molecule has 2 aromatic carbocycles. The van der Waals surface area contributed by atoms with Gasteiger partial charge in [-0.15, -0.1) is 0 Å². The van der Waals surface area contributed by atoms with Crippen LogP contribution in [-0.2, 0) is 14.8 Å². The van der Waals surface area contributed by atoms with Crippen molar-refractivity contribution < 1.29 is 23.1 Å². The second-order valence-electron chi connectivity index (χ2n) is 5.32. The van der Waals surface area contributed by atoms with Gasteiger partial charge in [-0.2, -0.15) is 4.31 Å². The summed E-state index contributed by atoms with van der Waals surface area (Å²) >= 11 is 6.07. The molecule has 9 heteroatoms. The van der Waals surface area contributed by atoms with E-state index in [0.717, 1.165) is 0 Å². The molecule has 1 aliphatic heterocycles. The second-order valence-corrected chi connectivity index (χ2v) is 7.66. The van der Waals surface area contributed by atoms with Gasteiger partial charge < -0.3 is 9.47 Å². The Kier molecular flexibility index (Phi) is 5.45. The minimum Gasteiger partial charge on any atom is -0.454 e. The van der Waals surface area contributed by atoms with E-state index >= 15 is 0 Å². The molecule has 2 N–H and O–H groups in total. The average molecular weight is 385 g/mol. The third-order valence-corrected chi connectivity index (χ3v) is 5.95. The smallest absolute Gasteiger partial charge is 0.243 e. The highest BCUT2D eigenvalue weighted by Gasteiger charge is 2.26. The Balaban J connectivity index is 1.81. The lowest BCUT2D eigenvalue weighted by atomic mass is 10.3. The van der Waals surface area contributed by atoms with Gasteiger partial charge in [0.2, 0.25) is 10.0 Å². The molecule has 3 rings (SSSR count). The van der Waals surface area contributed by atoms with Crippen molar-refractivity contribution in [1.29, 1.82) is 0 Å². The predicted octanol–water partition coefficient (Wildman–Crippen LogP) is 2.95. The highest BCUT2D eigenvalue weighted by Crippen LogP contribution is 2.36. The number of para-hydroxylation sites is 1. The number of halogens is 1. The van der Waals surface area contributed by atoms with Gasteiger partial charge in [-0.1, -0.05) is 17.7 Å². The molecule has 0 atom stereocenters. The minimum absolute atomic E-state index is 0.182. The zero-order valence-corrected chi connectivity index (χ0v) is 14.8. The highest BCUT2D eigenvalue weighted by atomic mass is 35.5. The summed E-state index contributed by atoms with van der Waals surface area (Å²) in [6.45, 7) is 1.46.